The number of rotatable bonds is 4. The molecule has 2 nitrogen and oxygen atoms in total. The first-order valence-corrected chi connectivity index (χ1v) is 6.99. The number of aromatic hydroxyl groups is 1. The molecule has 0 aliphatic heterocycles. The molecule has 2 unspecified atom stereocenters. The highest BCUT2D eigenvalue weighted by Gasteiger charge is 2.12. The minimum atomic E-state index is 0.217. The summed E-state index contributed by atoms with van der Waals surface area (Å²) in [5.41, 5.74) is 1.11. The molecule has 0 bridgehead atoms. The first kappa shape index (κ1) is 13.1. The average molecular weight is 261 g/mol. The van der Waals surface area contributed by atoms with Crippen LogP contribution in [-0.4, -0.2) is 5.11 Å². The molecule has 0 amide bonds. The minimum absolute atomic E-state index is 0.217. The third-order valence-electron chi connectivity index (χ3n) is 3.06. The largest absolute Gasteiger partial charge is 0.508 e. The molecule has 2 rings (SSSR count). The van der Waals surface area contributed by atoms with Crippen LogP contribution in [0.15, 0.2) is 36.4 Å². The number of nitrogens with one attached hydrogen (secondary N) is 1. The number of hydrogen-bond acceptors (Lipinski definition) is 3. The normalized spacial score (nSPS) is 14.4. The summed E-state index contributed by atoms with van der Waals surface area (Å²) in [6.07, 6.45) is 0. The number of phenols is 1. The van der Waals surface area contributed by atoms with Gasteiger partial charge in [-0.05, 0) is 50.6 Å². The van der Waals surface area contributed by atoms with Gasteiger partial charge in [-0.1, -0.05) is 12.1 Å². The summed E-state index contributed by atoms with van der Waals surface area (Å²) >= 11 is 1.82. The Morgan fingerprint density at radius 2 is 1.89 bits per heavy atom. The van der Waals surface area contributed by atoms with Gasteiger partial charge in [0.05, 0.1) is 0 Å². The zero-order valence-electron chi connectivity index (χ0n) is 11.0. The molecule has 2 atom stereocenters. The Kier molecular flexibility index (Phi) is 4.04. The van der Waals surface area contributed by atoms with Crippen LogP contribution in [0.1, 0.15) is 41.2 Å². The summed E-state index contributed by atoms with van der Waals surface area (Å²) in [6, 6.07) is 12.3. The second-order valence-electron chi connectivity index (χ2n) is 4.65. The number of thiophene rings is 1. The predicted molar refractivity (Wildman–Crippen MR) is 77.1 cm³/mol. The van der Waals surface area contributed by atoms with E-state index >= 15 is 0 Å². The molecule has 0 fully saturated rings. The van der Waals surface area contributed by atoms with Crippen LogP contribution in [0.25, 0.3) is 0 Å². The molecule has 1 aromatic carbocycles. The van der Waals surface area contributed by atoms with Crippen LogP contribution in [0.5, 0.6) is 5.75 Å². The summed E-state index contributed by atoms with van der Waals surface area (Å²) in [5.74, 6) is 0.320. The van der Waals surface area contributed by atoms with Crippen molar-refractivity contribution >= 4 is 11.3 Å². The maximum atomic E-state index is 9.49. The van der Waals surface area contributed by atoms with E-state index in [-0.39, 0.29) is 6.04 Å². The van der Waals surface area contributed by atoms with Crippen molar-refractivity contribution in [2.24, 2.45) is 0 Å². The summed E-state index contributed by atoms with van der Waals surface area (Å²) in [6.45, 7) is 6.41. The maximum Gasteiger partial charge on any atom is 0.115 e. The van der Waals surface area contributed by atoms with E-state index in [0.29, 0.717) is 11.8 Å². The summed E-state index contributed by atoms with van der Waals surface area (Å²) in [5, 5.41) is 13.0. The van der Waals surface area contributed by atoms with Gasteiger partial charge in [-0.3, -0.25) is 0 Å². The van der Waals surface area contributed by atoms with Crippen molar-refractivity contribution in [3.63, 3.8) is 0 Å². The SMILES string of the molecule is Cc1ccc(C(C)NC(C)c2cccc(O)c2)s1. The lowest BCUT2D eigenvalue weighted by Crippen LogP contribution is -2.21. The van der Waals surface area contributed by atoms with Gasteiger partial charge in [0.2, 0.25) is 0 Å². The van der Waals surface area contributed by atoms with Gasteiger partial charge in [-0.2, -0.15) is 0 Å². The van der Waals surface area contributed by atoms with Crippen LogP contribution in [0.2, 0.25) is 0 Å². The van der Waals surface area contributed by atoms with Crippen molar-refractivity contribution in [3.8, 4) is 5.75 Å². The van der Waals surface area contributed by atoms with Crippen molar-refractivity contribution in [1.29, 1.82) is 0 Å². The molecular weight excluding hydrogens is 242 g/mol. The molecular formula is C15H19NOS. The van der Waals surface area contributed by atoms with Gasteiger partial charge >= 0.3 is 0 Å². The third-order valence-corrected chi connectivity index (χ3v) is 4.24. The molecule has 0 spiro atoms. The molecule has 0 saturated heterocycles. The molecule has 2 N–H and O–H groups in total. The van der Waals surface area contributed by atoms with Crippen LogP contribution in [-0.2, 0) is 0 Å². The highest BCUT2D eigenvalue weighted by Crippen LogP contribution is 2.26. The van der Waals surface area contributed by atoms with Crippen molar-refractivity contribution in [1.82, 2.24) is 5.32 Å². The van der Waals surface area contributed by atoms with Gasteiger partial charge in [0.1, 0.15) is 5.75 Å². The standard InChI is InChI=1S/C15H19NOS/c1-10-7-8-15(18-10)12(3)16-11(2)13-5-4-6-14(17)9-13/h4-9,11-12,16-17H,1-3H3. The molecule has 1 heterocycles. The van der Waals surface area contributed by atoms with E-state index in [9.17, 15) is 5.11 Å². The lowest BCUT2D eigenvalue weighted by molar-refractivity contribution is 0.467. The molecule has 0 aliphatic rings. The molecule has 0 aliphatic carbocycles. The Balaban J connectivity index is 2.05. The molecule has 0 saturated carbocycles. The van der Waals surface area contributed by atoms with Gasteiger partial charge < -0.3 is 10.4 Å². The highest BCUT2D eigenvalue weighted by atomic mass is 32.1. The third kappa shape index (κ3) is 3.12. The first-order valence-electron chi connectivity index (χ1n) is 6.17. The molecule has 96 valence electrons. The van der Waals surface area contributed by atoms with E-state index in [1.54, 1.807) is 6.07 Å². The first-order chi connectivity index (χ1) is 8.56. The number of phenolic OH excluding ortho intramolecular Hbond substituents is 1. The molecule has 2 aromatic rings. The molecule has 3 heteroatoms. The second kappa shape index (κ2) is 5.55. The van der Waals surface area contributed by atoms with Crippen LogP contribution in [0, 0.1) is 6.92 Å². The lowest BCUT2D eigenvalue weighted by Gasteiger charge is -2.19. The predicted octanol–water partition coefficient (Wildman–Crippen LogP) is 4.17. The van der Waals surface area contributed by atoms with Crippen molar-refractivity contribution in [3.05, 3.63) is 51.7 Å². The highest BCUT2D eigenvalue weighted by molar-refractivity contribution is 7.12. The smallest absolute Gasteiger partial charge is 0.115 e. The van der Waals surface area contributed by atoms with Crippen molar-refractivity contribution in [2.75, 3.05) is 0 Å². The molecule has 1 aromatic heterocycles. The summed E-state index contributed by atoms with van der Waals surface area (Å²) in [4.78, 5) is 2.68. The van der Waals surface area contributed by atoms with Gasteiger partial charge in [0, 0.05) is 21.8 Å². The second-order valence-corrected chi connectivity index (χ2v) is 5.97. The van der Waals surface area contributed by atoms with Crippen molar-refractivity contribution in [2.45, 2.75) is 32.9 Å². The van der Waals surface area contributed by atoms with Gasteiger partial charge in [0.25, 0.3) is 0 Å². The Labute approximate surface area is 112 Å². The number of hydrogen-bond donors (Lipinski definition) is 2. The quantitative estimate of drug-likeness (QED) is 0.865. The fourth-order valence-electron chi connectivity index (χ4n) is 2.03. The van der Waals surface area contributed by atoms with Crippen molar-refractivity contribution < 1.29 is 5.11 Å². The van der Waals surface area contributed by atoms with E-state index < -0.39 is 0 Å². The Morgan fingerprint density at radius 3 is 2.50 bits per heavy atom. The van der Waals surface area contributed by atoms with Crippen LogP contribution >= 0.6 is 11.3 Å². The van der Waals surface area contributed by atoms with E-state index in [0.717, 1.165) is 5.56 Å². The topological polar surface area (TPSA) is 32.3 Å². The van der Waals surface area contributed by atoms with E-state index in [1.165, 1.54) is 9.75 Å². The minimum Gasteiger partial charge on any atom is -0.508 e. The number of benzene rings is 1. The maximum absolute atomic E-state index is 9.49. The van der Waals surface area contributed by atoms with E-state index in [4.69, 9.17) is 0 Å². The fourth-order valence-corrected chi connectivity index (χ4v) is 2.92. The summed E-state index contributed by atoms with van der Waals surface area (Å²) in [7, 11) is 0. The van der Waals surface area contributed by atoms with Gasteiger partial charge in [0.15, 0.2) is 0 Å². The van der Waals surface area contributed by atoms with Gasteiger partial charge in [-0.15, -0.1) is 11.3 Å². The van der Waals surface area contributed by atoms with Crippen LogP contribution in [0.3, 0.4) is 0 Å². The Hall–Kier alpha value is -1.32. The molecule has 18 heavy (non-hydrogen) atoms. The Morgan fingerprint density at radius 1 is 1.11 bits per heavy atom. The van der Waals surface area contributed by atoms with E-state index in [1.807, 2.05) is 29.5 Å². The fraction of sp³-hybridized carbons (Fsp3) is 0.333. The summed E-state index contributed by atoms with van der Waals surface area (Å²) < 4.78 is 0. The average Bonchev–Trinajstić information content (AvgIpc) is 2.76. The molecule has 0 radical (unpaired) electrons. The zero-order chi connectivity index (χ0) is 13.1. The number of aryl methyl sites for hydroxylation is 1. The van der Waals surface area contributed by atoms with E-state index in [2.05, 4.69) is 38.2 Å². The van der Waals surface area contributed by atoms with Gasteiger partial charge in [-0.25, -0.2) is 0 Å². The zero-order valence-corrected chi connectivity index (χ0v) is 11.8. The monoisotopic (exact) mass is 261 g/mol. The Bertz CT molecular complexity index is 521. The van der Waals surface area contributed by atoms with Crippen LogP contribution < -0.4 is 5.32 Å². The lowest BCUT2D eigenvalue weighted by atomic mass is 10.1. The van der Waals surface area contributed by atoms with Crippen LogP contribution in [0.4, 0.5) is 0 Å².